The normalized spacial score (nSPS) is 10.3. The summed E-state index contributed by atoms with van der Waals surface area (Å²) < 4.78 is 0. The van der Waals surface area contributed by atoms with E-state index in [1.165, 1.54) is 4.90 Å². The maximum atomic E-state index is 12.4. The zero-order chi connectivity index (χ0) is 18.6. The second-order valence-corrected chi connectivity index (χ2v) is 6.56. The first-order chi connectivity index (χ1) is 11.8. The molecule has 25 heavy (non-hydrogen) atoms. The maximum Gasteiger partial charge on any atom is 0.254 e. The summed E-state index contributed by atoms with van der Waals surface area (Å²) in [5, 5.41) is 3.32. The lowest BCUT2D eigenvalue weighted by molar-refractivity contribution is -0.116. The molecule has 0 radical (unpaired) electrons. The number of hydrogen-bond donors (Lipinski definition) is 1. The summed E-state index contributed by atoms with van der Waals surface area (Å²) in [7, 11) is 5.41. The molecule has 2 rings (SSSR count). The Morgan fingerprint density at radius 1 is 0.960 bits per heavy atom. The molecule has 1 N–H and O–H groups in total. The van der Waals surface area contributed by atoms with Crippen molar-refractivity contribution in [2.75, 3.05) is 37.9 Å². The number of hydrogen-bond acceptors (Lipinski definition) is 3. The van der Waals surface area contributed by atoms with Crippen LogP contribution in [0.3, 0.4) is 0 Å². The summed E-state index contributed by atoms with van der Waals surface area (Å²) >= 11 is 12.1. The molecule has 0 saturated carbocycles. The van der Waals surface area contributed by atoms with Gasteiger partial charge >= 0.3 is 0 Å². The third-order valence-corrected chi connectivity index (χ3v) is 4.22. The number of carbonyl (C=O) groups excluding carboxylic acids is 2. The summed E-state index contributed by atoms with van der Waals surface area (Å²) in [5.74, 6) is -0.624. The molecule has 0 aliphatic heterocycles. The van der Waals surface area contributed by atoms with Crippen molar-refractivity contribution in [3.05, 3.63) is 58.1 Å². The van der Waals surface area contributed by atoms with Crippen LogP contribution in [0.5, 0.6) is 0 Å². The molecule has 0 aromatic heterocycles. The number of anilines is 2. The van der Waals surface area contributed by atoms with Gasteiger partial charge in [0.05, 0.1) is 22.3 Å². The van der Waals surface area contributed by atoms with Crippen molar-refractivity contribution in [3.63, 3.8) is 0 Å². The van der Waals surface area contributed by atoms with E-state index in [9.17, 15) is 9.59 Å². The van der Waals surface area contributed by atoms with Gasteiger partial charge in [0.1, 0.15) is 0 Å². The van der Waals surface area contributed by atoms with Gasteiger partial charge in [-0.3, -0.25) is 9.59 Å². The fraction of sp³-hybridized carbons (Fsp3) is 0.222. The molecule has 132 valence electrons. The highest BCUT2D eigenvalue weighted by Crippen LogP contribution is 2.29. The number of likely N-dealkylation sites (N-methyl/N-ethyl adjacent to an activating group) is 1. The number of carbonyl (C=O) groups is 2. The molecule has 2 amide bonds. The molecule has 2 aromatic rings. The topological polar surface area (TPSA) is 52.7 Å². The fourth-order valence-electron chi connectivity index (χ4n) is 2.21. The highest BCUT2D eigenvalue weighted by atomic mass is 35.5. The van der Waals surface area contributed by atoms with Gasteiger partial charge in [-0.25, -0.2) is 0 Å². The van der Waals surface area contributed by atoms with Crippen LogP contribution in [0, 0.1) is 0 Å². The molecule has 5 nitrogen and oxygen atoms in total. The van der Waals surface area contributed by atoms with E-state index in [1.807, 2.05) is 31.1 Å². The van der Waals surface area contributed by atoms with Crippen LogP contribution in [0.1, 0.15) is 10.4 Å². The van der Waals surface area contributed by atoms with Crippen molar-refractivity contribution in [2.24, 2.45) is 0 Å². The van der Waals surface area contributed by atoms with E-state index in [0.29, 0.717) is 21.3 Å². The number of rotatable bonds is 5. The van der Waals surface area contributed by atoms with E-state index in [-0.39, 0.29) is 18.4 Å². The fourth-order valence-corrected chi connectivity index (χ4v) is 2.70. The maximum absolute atomic E-state index is 12.4. The van der Waals surface area contributed by atoms with Gasteiger partial charge in [0.25, 0.3) is 5.91 Å². The summed E-state index contributed by atoms with van der Waals surface area (Å²) in [6.07, 6.45) is 0. The van der Waals surface area contributed by atoms with Gasteiger partial charge in [-0.15, -0.1) is 0 Å². The van der Waals surface area contributed by atoms with E-state index < -0.39 is 0 Å². The van der Waals surface area contributed by atoms with Gasteiger partial charge in [0.2, 0.25) is 5.91 Å². The van der Waals surface area contributed by atoms with Crippen LogP contribution in [0.15, 0.2) is 42.5 Å². The van der Waals surface area contributed by atoms with E-state index in [0.717, 1.165) is 5.69 Å². The lowest BCUT2D eigenvalue weighted by Crippen LogP contribution is -2.35. The number of amides is 2. The number of nitrogens with one attached hydrogen (secondary N) is 1. The lowest BCUT2D eigenvalue weighted by Gasteiger charge is -2.18. The Morgan fingerprint density at radius 3 is 2.04 bits per heavy atom. The van der Waals surface area contributed by atoms with Crippen LogP contribution in [0.2, 0.25) is 10.0 Å². The Balaban J connectivity index is 2.02. The SMILES string of the molecule is CN(CC(=O)Nc1c(Cl)cccc1Cl)C(=O)c1ccc(N(C)C)cc1. The molecule has 0 fully saturated rings. The van der Waals surface area contributed by atoms with E-state index in [2.05, 4.69) is 5.32 Å². The first-order valence-electron chi connectivity index (χ1n) is 7.56. The number of nitrogens with zero attached hydrogens (tertiary/aromatic N) is 2. The third kappa shape index (κ3) is 4.87. The molecular weight excluding hydrogens is 361 g/mol. The van der Waals surface area contributed by atoms with Crippen LogP contribution >= 0.6 is 23.2 Å². The van der Waals surface area contributed by atoms with Crippen LogP contribution in [-0.2, 0) is 4.79 Å². The van der Waals surface area contributed by atoms with Crippen molar-refractivity contribution in [3.8, 4) is 0 Å². The quantitative estimate of drug-likeness (QED) is 0.859. The summed E-state index contributed by atoms with van der Waals surface area (Å²) in [5.41, 5.74) is 1.84. The van der Waals surface area contributed by atoms with Crippen LogP contribution < -0.4 is 10.2 Å². The monoisotopic (exact) mass is 379 g/mol. The predicted octanol–water partition coefficient (Wildman–Crippen LogP) is 3.77. The number of benzene rings is 2. The van der Waals surface area contributed by atoms with Gasteiger partial charge in [-0.1, -0.05) is 29.3 Å². The zero-order valence-corrected chi connectivity index (χ0v) is 15.7. The second kappa shape index (κ2) is 8.23. The second-order valence-electron chi connectivity index (χ2n) is 5.75. The summed E-state index contributed by atoms with van der Waals surface area (Å²) in [6.45, 7) is -0.115. The molecule has 0 bridgehead atoms. The summed E-state index contributed by atoms with van der Waals surface area (Å²) in [4.78, 5) is 27.9. The minimum absolute atomic E-state index is 0.115. The van der Waals surface area contributed by atoms with Crippen LogP contribution in [-0.4, -0.2) is 44.4 Å². The van der Waals surface area contributed by atoms with Crippen molar-refractivity contribution < 1.29 is 9.59 Å². The molecule has 7 heteroatoms. The molecule has 0 unspecified atom stereocenters. The zero-order valence-electron chi connectivity index (χ0n) is 14.2. The Labute approximate surface area is 157 Å². The average molecular weight is 380 g/mol. The van der Waals surface area contributed by atoms with Crippen molar-refractivity contribution in [1.29, 1.82) is 0 Å². The van der Waals surface area contributed by atoms with Crippen LogP contribution in [0.25, 0.3) is 0 Å². The molecule has 0 saturated heterocycles. The van der Waals surface area contributed by atoms with Gasteiger partial charge in [-0.2, -0.15) is 0 Å². The van der Waals surface area contributed by atoms with Crippen LogP contribution in [0.4, 0.5) is 11.4 Å². The van der Waals surface area contributed by atoms with E-state index >= 15 is 0 Å². The van der Waals surface area contributed by atoms with Gasteiger partial charge in [0, 0.05) is 32.4 Å². The first kappa shape index (κ1) is 19.1. The Morgan fingerprint density at radius 2 is 1.52 bits per heavy atom. The largest absolute Gasteiger partial charge is 0.378 e. The Kier molecular flexibility index (Phi) is 6.28. The highest BCUT2D eigenvalue weighted by Gasteiger charge is 2.16. The number of halogens is 2. The van der Waals surface area contributed by atoms with Crippen molar-refractivity contribution in [2.45, 2.75) is 0 Å². The average Bonchev–Trinajstić information content (AvgIpc) is 2.57. The minimum Gasteiger partial charge on any atom is -0.378 e. The van der Waals surface area contributed by atoms with Gasteiger partial charge < -0.3 is 15.1 Å². The Bertz CT molecular complexity index is 756. The van der Waals surface area contributed by atoms with Crippen molar-refractivity contribution >= 4 is 46.4 Å². The number of para-hydroxylation sites is 1. The lowest BCUT2D eigenvalue weighted by atomic mass is 10.2. The predicted molar refractivity (Wildman–Crippen MR) is 103 cm³/mol. The molecule has 0 aliphatic rings. The standard InChI is InChI=1S/C18H19Cl2N3O2/c1-22(2)13-9-7-12(8-10-13)18(25)23(3)11-16(24)21-17-14(19)5-4-6-15(17)20/h4-10H,11H2,1-3H3,(H,21,24). The molecule has 0 atom stereocenters. The van der Waals surface area contributed by atoms with Gasteiger partial charge in [0.15, 0.2) is 0 Å². The first-order valence-corrected chi connectivity index (χ1v) is 8.32. The molecule has 0 heterocycles. The minimum atomic E-state index is -0.379. The molecule has 0 spiro atoms. The molecule has 0 aliphatic carbocycles. The van der Waals surface area contributed by atoms with E-state index in [4.69, 9.17) is 23.2 Å². The smallest absolute Gasteiger partial charge is 0.254 e. The Hall–Kier alpha value is -2.24. The summed E-state index contributed by atoms with van der Waals surface area (Å²) in [6, 6.07) is 12.1. The molecular formula is C18H19Cl2N3O2. The van der Waals surface area contributed by atoms with E-state index in [1.54, 1.807) is 37.4 Å². The van der Waals surface area contributed by atoms with Gasteiger partial charge in [-0.05, 0) is 36.4 Å². The molecule has 2 aromatic carbocycles. The third-order valence-electron chi connectivity index (χ3n) is 3.59. The highest BCUT2D eigenvalue weighted by molar-refractivity contribution is 6.39. The van der Waals surface area contributed by atoms with Crippen molar-refractivity contribution in [1.82, 2.24) is 4.90 Å².